The van der Waals surface area contributed by atoms with Crippen LogP contribution < -0.4 is 15.4 Å². The molecule has 2 atom stereocenters. The summed E-state index contributed by atoms with van der Waals surface area (Å²) in [4.78, 5) is 22.7. The van der Waals surface area contributed by atoms with Crippen LogP contribution in [0, 0.1) is 11.6 Å². The van der Waals surface area contributed by atoms with E-state index in [1.165, 1.54) is 21.5 Å². The Labute approximate surface area is 234 Å². The third-order valence-electron chi connectivity index (χ3n) is 6.25. The fourth-order valence-electron chi connectivity index (χ4n) is 4.68. The molecule has 15 heteroatoms. The van der Waals surface area contributed by atoms with Crippen molar-refractivity contribution in [3.63, 3.8) is 0 Å². The maximum absolute atomic E-state index is 14.0. The van der Waals surface area contributed by atoms with Crippen molar-refractivity contribution < 1.29 is 17.2 Å². The zero-order valence-corrected chi connectivity index (χ0v) is 24.0. The molecule has 0 aliphatic carbocycles. The molecule has 0 aliphatic heterocycles. The number of benzene rings is 2. The molecule has 3 heterocycles. The standard InChI is InChI=1S/C25H23ClF2N7O3PS/c1-33-21-19(7-6-17(26)20(21)24(32-33)35(39-2)40(3,37)38)34-23(31-22-16(25(34)36)5-4-8-30-22)18(29)11-13-9-14(27)12-15(28)10-13/h4-10,12,18,39H,11,29H2,1-3H3/t18-/m0/s1. The van der Waals surface area contributed by atoms with Crippen LogP contribution in [-0.4, -0.2) is 45.7 Å². The predicted molar refractivity (Wildman–Crippen MR) is 153 cm³/mol. The Morgan fingerprint density at radius 3 is 2.52 bits per heavy atom. The second-order valence-corrected chi connectivity index (χ2v) is 12.5. The van der Waals surface area contributed by atoms with Gasteiger partial charge in [-0.15, -0.1) is 0 Å². The first-order valence-corrected chi connectivity index (χ1v) is 15.5. The molecule has 208 valence electrons. The fourth-order valence-corrected chi connectivity index (χ4v) is 7.05. The molecule has 2 aromatic carbocycles. The summed E-state index contributed by atoms with van der Waals surface area (Å²) < 4.78 is 56.8. The van der Waals surface area contributed by atoms with Gasteiger partial charge in [-0.25, -0.2) is 31.2 Å². The number of nitrogens with zero attached hydrogens (tertiary/aromatic N) is 6. The minimum atomic E-state index is -3.70. The molecule has 0 saturated heterocycles. The van der Waals surface area contributed by atoms with Crippen LogP contribution in [0.2, 0.25) is 5.02 Å². The lowest BCUT2D eigenvalue weighted by Crippen LogP contribution is -2.30. The second kappa shape index (κ2) is 10.5. The molecule has 40 heavy (non-hydrogen) atoms. The summed E-state index contributed by atoms with van der Waals surface area (Å²) in [7, 11) is -2.29. The number of aromatic nitrogens is 5. The third kappa shape index (κ3) is 4.94. The zero-order valence-electron chi connectivity index (χ0n) is 21.4. The van der Waals surface area contributed by atoms with Crippen molar-refractivity contribution in [2.75, 3.05) is 17.0 Å². The van der Waals surface area contributed by atoms with Crippen molar-refractivity contribution in [1.29, 1.82) is 0 Å². The Balaban J connectivity index is 1.81. The molecule has 0 amide bonds. The lowest BCUT2D eigenvalue weighted by atomic mass is 10.0. The van der Waals surface area contributed by atoms with Gasteiger partial charge < -0.3 is 5.73 Å². The van der Waals surface area contributed by atoms with Gasteiger partial charge in [-0.05, 0) is 63.8 Å². The molecule has 1 unspecified atom stereocenters. The molecule has 0 saturated carbocycles. The smallest absolute Gasteiger partial charge is 0.267 e. The molecule has 0 spiro atoms. The van der Waals surface area contributed by atoms with E-state index in [-0.39, 0.29) is 54.1 Å². The summed E-state index contributed by atoms with van der Waals surface area (Å²) >= 11 is 6.58. The summed E-state index contributed by atoms with van der Waals surface area (Å²) in [5.74, 6) is -1.34. The molecule has 10 nitrogen and oxygen atoms in total. The van der Waals surface area contributed by atoms with E-state index in [9.17, 15) is 22.0 Å². The topological polar surface area (TPSA) is 129 Å². The van der Waals surface area contributed by atoms with Gasteiger partial charge in [-0.3, -0.25) is 14.0 Å². The van der Waals surface area contributed by atoms with Crippen LogP contribution in [0.1, 0.15) is 17.4 Å². The van der Waals surface area contributed by atoms with Crippen molar-refractivity contribution in [3.8, 4) is 5.69 Å². The average molecular weight is 606 g/mol. The molecule has 3 aromatic heterocycles. The Kier molecular flexibility index (Phi) is 7.34. The zero-order chi connectivity index (χ0) is 28.9. The van der Waals surface area contributed by atoms with Gasteiger partial charge in [0.05, 0.1) is 39.3 Å². The number of aryl methyl sites for hydroxylation is 1. The summed E-state index contributed by atoms with van der Waals surface area (Å²) in [6.07, 6.45) is 2.50. The van der Waals surface area contributed by atoms with Gasteiger partial charge in [0.1, 0.15) is 17.5 Å². The van der Waals surface area contributed by atoms with Crippen molar-refractivity contribution >= 4 is 58.1 Å². The van der Waals surface area contributed by atoms with Crippen LogP contribution in [-0.2, 0) is 23.5 Å². The largest absolute Gasteiger partial charge is 0.321 e. The second-order valence-electron chi connectivity index (χ2n) is 9.06. The van der Waals surface area contributed by atoms with Crippen molar-refractivity contribution in [1.82, 2.24) is 24.3 Å². The SMILES string of the molecule is CPN(c1nn(C)c2c(-n3c([C@@H](N)Cc4cc(F)cc(F)c4)nc4ncccc4c3=O)ccc(Cl)c12)S(C)(=O)=O. The molecule has 0 fully saturated rings. The number of anilines is 1. The molecule has 2 N–H and O–H groups in total. The molecular formula is C25H23ClF2N7O3PS. The number of fused-ring (bicyclic) bond motifs is 2. The molecule has 5 rings (SSSR count). The predicted octanol–water partition coefficient (Wildman–Crippen LogP) is 3.83. The number of sulfonamides is 1. The van der Waals surface area contributed by atoms with E-state index in [2.05, 4.69) is 15.1 Å². The maximum atomic E-state index is 14.0. The number of halogens is 3. The molecule has 5 aromatic rings. The third-order valence-corrected chi connectivity index (χ3v) is 9.56. The van der Waals surface area contributed by atoms with Gasteiger partial charge in [0.2, 0.25) is 10.0 Å². The monoisotopic (exact) mass is 605 g/mol. The number of rotatable bonds is 7. The first-order chi connectivity index (χ1) is 18.9. The average Bonchev–Trinajstić information content (AvgIpc) is 3.21. The highest BCUT2D eigenvalue weighted by molar-refractivity contribution is 7.97. The number of hydrogen-bond acceptors (Lipinski definition) is 7. The first-order valence-electron chi connectivity index (χ1n) is 11.8. The molecule has 0 bridgehead atoms. The summed E-state index contributed by atoms with van der Waals surface area (Å²) in [5, 5.41) is 5.19. The van der Waals surface area contributed by atoms with Crippen LogP contribution in [0.25, 0.3) is 27.6 Å². The quantitative estimate of drug-likeness (QED) is 0.279. The van der Waals surface area contributed by atoms with Crippen LogP contribution in [0.15, 0.2) is 53.5 Å². The van der Waals surface area contributed by atoms with Gasteiger partial charge in [0.15, 0.2) is 11.5 Å². The van der Waals surface area contributed by atoms with Gasteiger partial charge in [0.25, 0.3) is 5.56 Å². The van der Waals surface area contributed by atoms with Gasteiger partial charge in [-0.2, -0.15) is 5.10 Å². The van der Waals surface area contributed by atoms with E-state index < -0.39 is 33.3 Å². The van der Waals surface area contributed by atoms with Gasteiger partial charge in [-0.1, -0.05) is 11.6 Å². The Morgan fingerprint density at radius 1 is 1.18 bits per heavy atom. The van der Waals surface area contributed by atoms with Crippen LogP contribution in [0.4, 0.5) is 14.6 Å². The van der Waals surface area contributed by atoms with Crippen LogP contribution >= 0.6 is 20.3 Å². The molecular weight excluding hydrogens is 583 g/mol. The van der Waals surface area contributed by atoms with Crippen LogP contribution in [0.3, 0.4) is 0 Å². The summed E-state index contributed by atoms with van der Waals surface area (Å²) in [5.41, 5.74) is 7.09. The van der Waals surface area contributed by atoms with Crippen molar-refractivity contribution in [2.24, 2.45) is 12.8 Å². The highest BCUT2D eigenvalue weighted by Gasteiger charge is 2.28. The Bertz CT molecular complexity index is 1950. The van der Waals surface area contributed by atoms with E-state index in [1.807, 2.05) is 0 Å². The number of hydrogen-bond donors (Lipinski definition) is 1. The lowest BCUT2D eigenvalue weighted by molar-refractivity contribution is 0.572. The molecule has 0 radical (unpaired) electrons. The van der Waals surface area contributed by atoms with E-state index in [1.54, 1.807) is 31.9 Å². The maximum Gasteiger partial charge on any atom is 0.267 e. The normalized spacial score (nSPS) is 13.1. The fraction of sp³-hybridized carbons (Fsp3) is 0.200. The lowest BCUT2D eigenvalue weighted by Gasteiger charge is -2.20. The number of pyridine rings is 1. The van der Waals surface area contributed by atoms with Crippen LogP contribution in [0.5, 0.6) is 0 Å². The molecule has 0 aliphatic rings. The highest BCUT2D eigenvalue weighted by atomic mass is 35.5. The minimum Gasteiger partial charge on any atom is -0.321 e. The van der Waals surface area contributed by atoms with Crippen molar-refractivity contribution in [2.45, 2.75) is 12.5 Å². The van der Waals surface area contributed by atoms with E-state index in [0.29, 0.717) is 10.9 Å². The van der Waals surface area contributed by atoms with E-state index in [4.69, 9.17) is 17.3 Å². The Hall–Kier alpha value is -3.51. The van der Waals surface area contributed by atoms with E-state index in [0.717, 1.165) is 28.5 Å². The van der Waals surface area contributed by atoms with E-state index >= 15 is 0 Å². The van der Waals surface area contributed by atoms with Gasteiger partial charge >= 0.3 is 0 Å². The first kappa shape index (κ1) is 28.0. The van der Waals surface area contributed by atoms with Gasteiger partial charge in [0, 0.05) is 19.3 Å². The number of nitrogens with two attached hydrogens (primary N) is 1. The summed E-state index contributed by atoms with van der Waals surface area (Å²) in [6, 6.07) is 8.34. The van der Waals surface area contributed by atoms with Crippen molar-refractivity contribution in [3.05, 3.63) is 87.1 Å². The minimum absolute atomic E-state index is 0.0500. The highest BCUT2D eigenvalue weighted by Crippen LogP contribution is 2.40. The Morgan fingerprint density at radius 2 is 1.88 bits per heavy atom. The summed E-state index contributed by atoms with van der Waals surface area (Å²) in [6.45, 7) is 1.69.